The molecule has 0 heterocycles. The number of para-hydroxylation sites is 1. The van der Waals surface area contributed by atoms with E-state index in [2.05, 4.69) is 140 Å². The molecule has 0 N–H and O–H groups in total. The predicted octanol–water partition coefficient (Wildman–Crippen LogP) is 8.57. The SMILES string of the molecule is COc1ccc(C(c2ccc(Oc3ccccc3)cc2)[P+](c2ccccc2)(c2ccccc2)c2ccccc2)cc1. The Kier molecular flexibility index (Phi) is 7.94. The molecule has 3 heteroatoms. The number of rotatable bonds is 9. The van der Waals surface area contributed by atoms with Crippen molar-refractivity contribution in [2.45, 2.75) is 5.66 Å². The highest BCUT2D eigenvalue weighted by Crippen LogP contribution is 2.69. The summed E-state index contributed by atoms with van der Waals surface area (Å²) in [5.41, 5.74) is 2.53. The maximum atomic E-state index is 6.18. The van der Waals surface area contributed by atoms with E-state index in [0.29, 0.717) is 0 Å². The fourth-order valence-corrected chi connectivity index (χ4v) is 10.6. The van der Waals surface area contributed by atoms with Crippen molar-refractivity contribution in [3.05, 3.63) is 181 Å². The molecule has 0 aliphatic rings. The molecule has 0 aliphatic carbocycles. The molecule has 0 spiro atoms. The van der Waals surface area contributed by atoms with Crippen molar-refractivity contribution in [3.8, 4) is 17.2 Å². The maximum absolute atomic E-state index is 6.18. The minimum atomic E-state index is -2.29. The third-order valence-electron chi connectivity index (χ3n) is 7.48. The monoisotopic (exact) mass is 551 g/mol. The summed E-state index contributed by atoms with van der Waals surface area (Å²) in [5, 5.41) is 4.01. The van der Waals surface area contributed by atoms with Gasteiger partial charge in [-0.3, -0.25) is 0 Å². The lowest BCUT2D eigenvalue weighted by Gasteiger charge is -2.35. The van der Waals surface area contributed by atoms with Gasteiger partial charge in [0, 0.05) is 0 Å². The van der Waals surface area contributed by atoms with Crippen LogP contribution >= 0.6 is 7.26 Å². The quantitative estimate of drug-likeness (QED) is 0.168. The number of hydrogen-bond acceptors (Lipinski definition) is 2. The molecule has 0 saturated carbocycles. The lowest BCUT2D eigenvalue weighted by molar-refractivity contribution is 0.414. The normalized spacial score (nSPS) is 11.9. The van der Waals surface area contributed by atoms with E-state index in [9.17, 15) is 0 Å². The van der Waals surface area contributed by atoms with Crippen LogP contribution in [0.2, 0.25) is 0 Å². The van der Waals surface area contributed by atoms with E-state index >= 15 is 0 Å². The van der Waals surface area contributed by atoms with Gasteiger partial charge in [0.05, 0.1) is 7.11 Å². The molecule has 0 radical (unpaired) electrons. The second-order valence-electron chi connectivity index (χ2n) is 9.89. The first kappa shape index (κ1) is 26.6. The summed E-state index contributed by atoms with van der Waals surface area (Å²) < 4.78 is 11.7. The minimum Gasteiger partial charge on any atom is -0.497 e. The molecule has 0 saturated heterocycles. The van der Waals surface area contributed by atoms with E-state index in [0.717, 1.165) is 17.2 Å². The third-order valence-corrected chi connectivity index (χ3v) is 12.2. The summed E-state index contributed by atoms with van der Waals surface area (Å²) in [6.45, 7) is 0. The molecule has 0 aliphatic heterocycles. The molecule has 2 nitrogen and oxygen atoms in total. The Morgan fingerprint density at radius 3 is 1.12 bits per heavy atom. The van der Waals surface area contributed by atoms with Crippen molar-refractivity contribution in [2.75, 3.05) is 7.11 Å². The summed E-state index contributed by atoms with van der Waals surface area (Å²) in [5.74, 6) is 2.49. The molecule has 1 atom stereocenters. The van der Waals surface area contributed by atoms with Gasteiger partial charge in [0.15, 0.2) is 0 Å². The van der Waals surface area contributed by atoms with Gasteiger partial charge in [-0.05, 0) is 83.9 Å². The average molecular weight is 552 g/mol. The first-order chi connectivity index (χ1) is 20.3. The zero-order valence-corrected chi connectivity index (χ0v) is 23.9. The molecule has 6 aromatic rings. The van der Waals surface area contributed by atoms with Crippen molar-refractivity contribution in [3.63, 3.8) is 0 Å². The Morgan fingerprint density at radius 2 is 0.732 bits per heavy atom. The minimum absolute atomic E-state index is 0.0476. The van der Waals surface area contributed by atoms with E-state index in [1.54, 1.807) is 7.11 Å². The summed E-state index contributed by atoms with van der Waals surface area (Å²) in [6.07, 6.45) is 0. The molecule has 6 rings (SSSR count). The molecule has 41 heavy (non-hydrogen) atoms. The van der Waals surface area contributed by atoms with Crippen LogP contribution in [0.1, 0.15) is 16.8 Å². The summed E-state index contributed by atoms with van der Waals surface area (Å²) in [6, 6.07) is 60.3. The molecule has 200 valence electrons. The molecule has 0 fully saturated rings. The highest BCUT2D eigenvalue weighted by Gasteiger charge is 2.53. The van der Waals surface area contributed by atoms with E-state index in [4.69, 9.17) is 9.47 Å². The van der Waals surface area contributed by atoms with Gasteiger partial charge in [0.1, 0.15) is 46.1 Å². The Morgan fingerprint density at radius 1 is 0.390 bits per heavy atom. The zero-order chi connectivity index (χ0) is 27.9. The van der Waals surface area contributed by atoms with Crippen LogP contribution in [-0.4, -0.2) is 7.11 Å². The second-order valence-corrected chi connectivity index (χ2v) is 13.4. The van der Waals surface area contributed by atoms with Gasteiger partial charge >= 0.3 is 0 Å². The van der Waals surface area contributed by atoms with Crippen LogP contribution in [0.5, 0.6) is 17.2 Å². The van der Waals surface area contributed by atoms with Crippen LogP contribution < -0.4 is 25.4 Å². The lowest BCUT2D eigenvalue weighted by atomic mass is 10.0. The smallest absolute Gasteiger partial charge is 0.134 e. The number of methoxy groups -OCH3 is 1. The third kappa shape index (κ3) is 5.40. The van der Waals surface area contributed by atoms with Crippen molar-refractivity contribution in [1.82, 2.24) is 0 Å². The number of benzene rings is 6. The van der Waals surface area contributed by atoms with Crippen LogP contribution in [0.4, 0.5) is 0 Å². The van der Waals surface area contributed by atoms with Gasteiger partial charge in [-0.2, -0.15) is 0 Å². The Balaban J connectivity index is 1.61. The fraction of sp³-hybridized carbons (Fsp3) is 0.0526. The van der Waals surface area contributed by atoms with E-state index < -0.39 is 7.26 Å². The van der Waals surface area contributed by atoms with Gasteiger partial charge in [0.2, 0.25) is 0 Å². The van der Waals surface area contributed by atoms with Crippen molar-refractivity contribution < 1.29 is 9.47 Å². The second kappa shape index (κ2) is 12.3. The number of ether oxygens (including phenoxy) is 2. The molecule has 6 aromatic carbocycles. The largest absolute Gasteiger partial charge is 0.497 e. The van der Waals surface area contributed by atoms with Crippen molar-refractivity contribution in [1.29, 1.82) is 0 Å². The molecule has 0 aromatic heterocycles. The van der Waals surface area contributed by atoms with Gasteiger partial charge in [-0.1, -0.05) is 97.1 Å². The lowest BCUT2D eigenvalue weighted by Crippen LogP contribution is -2.35. The van der Waals surface area contributed by atoms with Crippen LogP contribution in [-0.2, 0) is 0 Å². The van der Waals surface area contributed by atoms with Gasteiger partial charge in [-0.15, -0.1) is 0 Å². The van der Waals surface area contributed by atoms with Gasteiger partial charge in [0.25, 0.3) is 0 Å². The summed E-state index contributed by atoms with van der Waals surface area (Å²) in [4.78, 5) is 0. The van der Waals surface area contributed by atoms with E-state index in [-0.39, 0.29) is 5.66 Å². The molecular formula is C38H32O2P+. The highest BCUT2D eigenvalue weighted by atomic mass is 31.2. The van der Waals surface area contributed by atoms with Crippen molar-refractivity contribution in [2.24, 2.45) is 0 Å². The summed E-state index contributed by atoms with van der Waals surface area (Å²) >= 11 is 0. The first-order valence-electron chi connectivity index (χ1n) is 13.8. The summed E-state index contributed by atoms with van der Waals surface area (Å²) in [7, 11) is -0.579. The fourth-order valence-electron chi connectivity index (χ4n) is 5.65. The first-order valence-corrected chi connectivity index (χ1v) is 15.7. The van der Waals surface area contributed by atoms with Gasteiger partial charge < -0.3 is 9.47 Å². The van der Waals surface area contributed by atoms with Crippen LogP contribution in [0.15, 0.2) is 170 Å². The molecule has 1 unspecified atom stereocenters. The Bertz CT molecular complexity index is 1560. The Labute approximate surface area is 243 Å². The highest BCUT2D eigenvalue weighted by molar-refractivity contribution is 7.96. The maximum Gasteiger partial charge on any atom is 0.134 e. The van der Waals surface area contributed by atoms with E-state index in [1.165, 1.54) is 27.0 Å². The molecular weight excluding hydrogens is 519 g/mol. The Hall–Kier alpha value is -4.65. The van der Waals surface area contributed by atoms with E-state index in [1.807, 2.05) is 30.3 Å². The predicted molar refractivity (Wildman–Crippen MR) is 173 cm³/mol. The topological polar surface area (TPSA) is 18.5 Å². The zero-order valence-electron chi connectivity index (χ0n) is 23.0. The van der Waals surface area contributed by atoms with Crippen LogP contribution in [0.3, 0.4) is 0 Å². The molecule has 0 amide bonds. The standard InChI is InChI=1S/C38H32O2P/c1-39-32-26-22-30(23-27-32)38(31-24-28-34(29-25-31)40-33-14-6-2-7-15-33)41(35-16-8-3-9-17-35,36-18-10-4-11-19-36)37-20-12-5-13-21-37/h2-29,38H,1H3/q+1. The van der Waals surface area contributed by atoms with Crippen LogP contribution in [0, 0.1) is 0 Å². The molecule has 0 bridgehead atoms. The van der Waals surface area contributed by atoms with Crippen LogP contribution in [0.25, 0.3) is 0 Å². The average Bonchev–Trinajstić information content (AvgIpc) is 3.06. The van der Waals surface area contributed by atoms with Crippen molar-refractivity contribution >= 4 is 23.2 Å². The number of hydrogen-bond donors (Lipinski definition) is 0. The van der Waals surface area contributed by atoms with Gasteiger partial charge in [-0.25, -0.2) is 0 Å².